The highest BCUT2D eigenvalue weighted by Crippen LogP contribution is 2.34. The summed E-state index contributed by atoms with van der Waals surface area (Å²) in [6.45, 7) is 0.524. The molecule has 1 aromatic heterocycles. The summed E-state index contributed by atoms with van der Waals surface area (Å²) in [6, 6.07) is 14.2. The smallest absolute Gasteiger partial charge is 0.332 e. The summed E-state index contributed by atoms with van der Waals surface area (Å²) < 4.78 is 40.8. The Kier molecular flexibility index (Phi) is 5.67. The molecule has 3 aromatic rings. The maximum atomic E-state index is 13.0. The van der Waals surface area contributed by atoms with Crippen LogP contribution in [0.15, 0.2) is 60.8 Å². The van der Waals surface area contributed by atoms with Crippen LogP contribution in [0.5, 0.6) is 0 Å². The van der Waals surface area contributed by atoms with Gasteiger partial charge < -0.3 is 10.6 Å². The molecular formula is C18H14ClF3N4S. The van der Waals surface area contributed by atoms with Crippen molar-refractivity contribution in [1.29, 1.82) is 0 Å². The summed E-state index contributed by atoms with van der Waals surface area (Å²) in [5, 5.41) is 10.3. The minimum absolute atomic E-state index is 0.0171. The first-order valence-electron chi connectivity index (χ1n) is 7.83. The number of nitrogens with zero attached hydrogens (tertiary/aromatic N) is 2. The van der Waals surface area contributed by atoms with Crippen LogP contribution >= 0.6 is 23.8 Å². The van der Waals surface area contributed by atoms with Crippen molar-refractivity contribution in [2.75, 3.05) is 10.6 Å². The van der Waals surface area contributed by atoms with Crippen molar-refractivity contribution in [2.45, 2.75) is 12.7 Å². The third-order valence-corrected chi connectivity index (χ3v) is 4.08. The first-order valence-corrected chi connectivity index (χ1v) is 8.62. The molecule has 2 N–H and O–H groups in total. The van der Waals surface area contributed by atoms with Crippen LogP contribution in [0.3, 0.4) is 0 Å². The van der Waals surface area contributed by atoms with Gasteiger partial charge in [-0.05, 0) is 42.0 Å². The largest absolute Gasteiger partial charge is 0.418 e. The summed E-state index contributed by atoms with van der Waals surface area (Å²) in [7, 11) is 0. The van der Waals surface area contributed by atoms with Crippen molar-refractivity contribution < 1.29 is 13.2 Å². The third kappa shape index (κ3) is 5.21. The zero-order chi connectivity index (χ0) is 19.4. The number of halogens is 4. The number of hydrogen-bond donors (Lipinski definition) is 2. The summed E-state index contributed by atoms with van der Waals surface area (Å²) in [5.41, 5.74) is 0.0966. The lowest BCUT2D eigenvalue weighted by atomic mass is 10.2. The van der Waals surface area contributed by atoms with E-state index in [2.05, 4.69) is 15.7 Å². The topological polar surface area (TPSA) is 41.9 Å². The van der Waals surface area contributed by atoms with E-state index in [9.17, 15) is 13.2 Å². The molecule has 0 aliphatic heterocycles. The number of alkyl halides is 3. The Hall–Kier alpha value is -2.58. The maximum absolute atomic E-state index is 13.0. The van der Waals surface area contributed by atoms with Crippen molar-refractivity contribution in [1.82, 2.24) is 9.78 Å². The van der Waals surface area contributed by atoms with Gasteiger partial charge >= 0.3 is 6.18 Å². The molecular weight excluding hydrogens is 397 g/mol. The highest BCUT2D eigenvalue weighted by atomic mass is 35.5. The lowest BCUT2D eigenvalue weighted by molar-refractivity contribution is -0.136. The second kappa shape index (κ2) is 7.98. The Morgan fingerprint density at radius 1 is 1.04 bits per heavy atom. The van der Waals surface area contributed by atoms with E-state index in [4.69, 9.17) is 23.8 Å². The molecule has 0 aliphatic carbocycles. The van der Waals surface area contributed by atoms with Gasteiger partial charge in [-0.1, -0.05) is 35.9 Å². The predicted octanol–water partition coefficient (Wildman–Crippen LogP) is 5.41. The molecule has 0 spiro atoms. The number of aromatic nitrogens is 2. The second-order valence-corrected chi connectivity index (χ2v) is 6.49. The quantitative estimate of drug-likeness (QED) is 0.564. The van der Waals surface area contributed by atoms with Crippen molar-refractivity contribution >= 4 is 40.4 Å². The van der Waals surface area contributed by atoms with Crippen LogP contribution in [0.2, 0.25) is 5.02 Å². The molecule has 0 fully saturated rings. The van der Waals surface area contributed by atoms with Crippen molar-refractivity contribution in [3.63, 3.8) is 0 Å². The second-order valence-electron chi connectivity index (χ2n) is 5.65. The summed E-state index contributed by atoms with van der Waals surface area (Å²) in [6.07, 6.45) is -2.73. The molecule has 0 radical (unpaired) electrons. The van der Waals surface area contributed by atoms with E-state index in [1.807, 2.05) is 12.1 Å². The van der Waals surface area contributed by atoms with E-state index in [0.29, 0.717) is 17.4 Å². The van der Waals surface area contributed by atoms with Crippen molar-refractivity contribution in [3.8, 4) is 0 Å². The van der Waals surface area contributed by atoms with Gasteiger partial charge in [0.1, 0.15) is 0 Å². The molecule has 0 atom stereocenters. The van der Waals surface area contributed by atoms with Gasteiger partial charge in [-0.2, -0.15) is 18.3 Å². The molecule has 0 saturated heterocycles. The predicted molar refractivity (Wildman–Crippen MR) is 104 cm³/mol. The zero-order valence-electron chi connectivity index (χ0n) is 13.8. The Labute approximate surface area is 164 Å². The molecule has 1 heterocycles. The van der Waals surface area contributed by atoms with Crippen molar-refractivity contribution in [3.05, 3.63) is 76.9 Å². The van der Waals surface area contributed by atoms with Gasteiger partial charge in [-0.15, -0.1) is 0 Å². The normalized spacial score (nSPS) is 11.3. The molecule has 0 unspecified atom stereocenters. The Balaban J connectivity index is 1.64. The Morgan fingerprint density at radius 2 is 1.74 bits per heavy atom. The lowest BCUT2D eigenvalue weighted by Crippen LogP contribution is -2.22. The van der Waals surface area contributed by atoms with Gasteiger partial charge in [-0.25, -0.2) is 0 Å². The van der Waals surface area contributed by atoms with Crippen LogP contribution in [-0.2, 0) is 12.7 Å². The average molecular weight is 411 g/mol. The SMILES string of the molecule is FC(F)(F)c1ccccc1NC(=S)Nc1ccn(Cc2ccc(Cl)cc2)n1. The van der Waals surface area contributed by atoms with E-state index >= 15 is 0 Å². The van der Waals surface area contributed by atoms with E-state index in [1.54, 1.807) is 29.1 Å². The molecule has 4 nitrogen and oxygen atoms in total. The fourth-order valence-electron chi connectivity index (χ4n) is 2.40. The van der Waals surface area contributed by atoms with Gasteiger partial charge in [0.15, 0.2) is 10.9 Å². The Morgan fingerprint density at radius 3 is 2.44 bits per heavy atom. The van der Waals surface area contributed by atoms with E-state index in [-0.39, 0.29) is 10.8 Å². The highest BCUT2D eigenvalue weighted by Gasteiger charge is 2.33. The number of hydrogen-bond acceptors (Lipinski definition) is 2. The van der Waals surface area contributed by atoms with Crippen molar-refractivity contribution in [2.24, 2.45) is 0 Å². The van der Waals surface area contributed by atoms with E-state index < -0.39 is 11.7 Å². The monoisotopic (exact) mass is 410 g/mol. The van der Waals surface area contributed by atoms with Crippen LogP contribution in [0, 0.1) is 0 Å². The molecule has 3 rings (SSSR count). The van der Waals surface area contributed by atoms with Crippen LogP contribution < -0.4 is 10.6 Å². The lowest BCUT2D eigenvalue weighted by Gasteiger charge is -2.15. The fraction of sp³-hybridized carbons (Fsp3) is 0.111. The van der Waals surface area contributed by atoms with Gasteiger partial charge in [0, 0.05) is 17.3 Å². The fourth-order valence-corrected chi connectivity index (χ4v) is 2.74. The molecule has 0 saturated carbocycles. The molecule has 27 heavy (non-hydrogen) atoms. The summed E-state index contributed by atoms with van der Waals surface area (Å²) in [4.78, 5) is 0. The molecule has 140 valence electrons. The zero-order valence-corrected chi connectivity index (χ0v) is 15.4. The molecule has 0 amide bonds. The minimum atomic E-state index is -4.47. The average Bonchev–Trinajstić information content (AvgIpc) is 3.03. The first-order chi connectivity index (χ1) is 12.8. The standard InChI is InChI=1S/C18H14ClF3N4S/c19-13-7-5-12(6-8-13)11-26-10-9-16(25-26)24-17(27)23-15-4-2-1-3-14(15)18(20,21)22/h1-10H,11H2,(H2,23,24,25,27). The molecule has 0 aliphatic rings. The van der Waals surface area contributed by atoms with Gasteiger partial charge in [-0.3, -0.25) is 4.68 Å². The highest BCUT2D eigenvalue weighted by molar-refractivity contribution is 7.80. The number of benzene rings is 2. The number of nitrogens with one attached hydrogen (secondary N) is 2. The maximum Gasteiger partial charge on any atom is 0.418 e. The molecule has 9 heteroatoms. The van der Waals surface area contributed by atoms with Crippen LogP contribution in [-0.4, -0.2) is 14.9 Å². The number of rotatable bonds is 4. The van der Waals surface area contributed by atoms with Crippen LogP contribution in [0.25, 0.3) is 0 Å². The number of anilines is 2. The van der Waals surface area contributed by atoms with Crippen LogP contribution in [0.1, 0.15) is 11.1 Å². The molecule has 0 bridgehead atoms. The summed E-state index contributed by atoms with van der Waals surface area (Å²) >= 11 is 11.0. The van der Waals surface area contributed by atoms with Gasteiger partial charge in [0.05, 0.1) is 17.8 Å². The third-order valence-electron chi connectivity index (χ3n) is 3.62. The minimum Gasteiger partial charge on any atom is -0.332 e. The Bertz CT molecular complexity index is 938. The van der Waals surface area contributed by atoms with Crippen LogP contribution in [0.4, 0.5) is 24.7 Å². The molecule has 2 aromatic carbocycles. The summed E-state index contributed by atoms with van der Waals surface area (Å²) in [5.74, 6) is 0.422. The van der Waals surface area contributed by atoms with E-state index in [0.717, 1.165) is 11.6 Å². The first kappa shape index (κ1) is 19.2. The van der Waals surface area contributed by atoms with E-state index in [1.165, 1.54) is 18.2 Å². The number of thiocarbonyl (C=S) groups is 1. The number of para-hydroxylation sites is 1. The van der Waals surface area contributed by atoms with Gasteiger partial charge in [0.2, 0.25) is 0 Å². The van der Waals surface area contributed by atoms with Gasteiger partial charge in [0.25, 0.3) is 0 Å².